The molecule has 0 spiro atoms. The van der Waals surface area contributed by atoms with Crippen LogP contribution in [0.2, 0.25) is 5.02 Å². The van der Waals surface area contributed by atoms with Crippen LogP contribution in [0.25, 0.3) is 5.57 Å². The minimum Gasteiger partial charge on any atom is -0.490 e. The molecule has 24 heavy (non-hydrogen) atoms. The summed E-state index contributed by atoms with van der Waals surface area (Å²) in [6.07, 6.45) is 0. The van der Waals surface area contributed by atoms with Gasteiger partial charge in [-0.1, -0.05) is 24.2 Å². The Hall–Kier alpha value is -2.53. The fourth-order valence-electron chi connectivity index (χ4n) is 2.09. The lowest BCUT2D eigenvalue weighted by molar-refractivity contribution is 0.0601. The third kappa shape index (κ3) is 3.86. The van der Waals surface area contributed by atoms with Crippen molar-refractivity contribution in [3.63, 3.8) is 0 Å². The van der Waals surface area contributed by atoms with Crippen molar-refractivity contribution in [2.45, 2.75) is 13.8 Å². The van der Waals surface area contributed by atoms with Crippen molar-refractivity contribution in [3.05, 3.63) is 53.2 Å². The molecule has 0 bridgehead atoms. The summed E-state index contributed by atoms with van der Waals surface area (Å²) >= 11 is 6.19. The van der Waals surface area contributed by atoms with E-state index in [0.29, 0.717) is 40.1 Å². The second-order valence-corrected chi connectivity index (χ2v) is 5.45. The van der Waals surface area contributed by atoms with Gasteiger partial charge in [-0.2, -0.15) is 0 Å². The smallest absolute Gasteiger partial charge is 0.341 e. The Morgan fingerprint density at radius 2 is 2.08 bits per heavy atom. The molecule has 0 radical (unpaired) electrons. The molecule has 0 unspecified atom stereocenters. The molecule has 1 heterocycles. The summed E-state index contributed by atoms with van der Waals surface area (Å²) < 4.78 is 10.4. The van der Waals surface area contributed by atoms with Gasteiger partial charge in [0.25, 0.3) is 0 Å². The average Bonchev–Trinajstić information content (AvgIpc) is 2.57. The predicted octanol–water partition coefficient (Wildman–Crippen LogP) is 4.70. The Morgan fingerprint density at radius 1 is 1.33 bits per heavy atom. The first-order valence-corrected chi connectivity index (χ1v) is 7.79. The van der Waals surface area contributed by atoms with Crippen molar-refractivity contribution >= 4 is 34.6 Å². The molecule has 1 aromatic carbocycles. The van der Waals surface area contributed by atoms with E-state index in [4.69, 9.17) is 21.1 Å². The van der Waals surface area contributed by atoms with E-state index in [2.05, 4.69) is 16.9 Å². The lowest BCUT2D eigenvalue weighted by Crippen LogP contribution is -2.09. The number of nitrogens with one attached hydrogen (secondary N) is 1. The van der Waals surface area contributed by atoms with Crippen LogP contribution in [-0.2, 0) is 4.74 Å². The number of nitrogens with zero attached hydrogens (tertiary/aromatic N) is 1. The van der Waals surface area contributed by atoms with Gasteiger partial charge in [-0.05, 0) is 43.7 Å². The first-order valence-electron chi connectivity index (χ1n) is 7.41. The quantitative estimate of drug-likeness (QED) is 0.768. The van der Waals surface area contributed by atoms with E-state index >= 15 is 0 Å². The van der Waals surface area contributed by atoms with Crippen molar-refractivity contribution < 1.29 is 14.3 Å². The van der Waals surface area contributed by atoms with Crippen molar-refractivity contribution in [2.75, 3.05) is 19.0 Å². The van der Waals surface area contributed by atoms with Gasteiger partial charge in [-0.25, -0.2) is 9.78 Å². The molecular formula is C18H19ClN2O3. The number of rotatable bonds is 6. The van der Waals surface area contributed by atoms with Crippen molar-refractivity contribution in [1.29, 1.82) is 0 Å². The van der Waals surface area contributed by atoms with E-state index in [9.17, 15) is 4.79 Å². The van der Waals surface area contributed by atoms with Crippen LogP contribution in [0.15, 0.2) is 36.9 Å². The third-order valence-corrected chi connectivity index (χ3v) is 3.54. The SMILES string of the molecule is C=C(C)c1ccc(C(=O)OC)c(Nc2cccc(Cl)c2OCC)n1. The Kier molecular flexibility index (Phi) is 5.82. The number of anilines is 2. The molecule has 0 atom stereocenters. The van der Waals surface area contributed by atoms with Gasteiger partial charge in [0.05, 0.1) is 30.1 Å². The number of methoxy groups -OCH3 is 1. The average molecular weight is 347 g/mol. The van der Waals surface area contributed by atoms with E-state index in [-0.39, 0.29) is 0 Å². The number of allylic oxidation sites excluding steroid dienone is 1. The van der Waals surface area contributed by atoms with E-state index < -0.39 is 5.97 Å². The highest BCUT2D eigenvalue weighted by Gasteiger charge is 2.17. The van der Waals surface area contributed by atoms with Gasteiger partial charge in [0.2, 0.25) is 0 Å². The molecule has 5 nitrogen and oxygen atoms in total. The summed E-state index contributed by atoms with van der Waals surface area (Å²) in [7, 11) is 1.32. The van der Waals surface area contributed by atoms with E-state index in [1.54, 1.807) is 30.3 Å². The van der Waals surface area contributed by atoms with Crippen molar-refractivity contribution in [2.24, 2.45) is 0 Å². The topological polar surface area (TPSA) is 60.5 Å². The molecule has 0 aliphatic carbocycles. The number of esters is 1. The maximum atomic E-state index is 12.0. The van der Waals surface area contributed by atoms with Crippen LogP contribution in [0.4, 0.5) is 11.5 Å². The molecule has 2 aromatic rings. The predicted molar refractivity (Wildman–Crippen MR) is 96.2 cm³/mol. The molecule has 1 N–H and O–H groups in total. The van der Waals surface area contributed by atoms with Gasteiger partial charge in [0.15, 0.2) is 5.75 Å². The van der Waals surface area contributed by atoms with Crippen LogP contribution in [0, 0.1) is 0 Å². The number of pyridine rings is 1. The number of aromatic nitrogens is 1. The normalized spacial score (nSPS) is 10.2. The molecule has 0 aliphatic rings. The lowest BCUT2D eigenvalue weighted by atomic mass is 10.1. The summed E-state index contributed by atoms with van der Waals surface area (Å²) in [6.45, 7) is 8.05. The van der Waals surface area contributed by atoms with Gasteiger partial charge in [0.1, 0.15) is 11.4 Å². The molecule has 6 heteroatoms. The highest BCUT2D eigenvalue weighted by Crippen LogP contribution is 2.35. The van der Waals surface area contributed by atoms with Gasteiger partial charge < -0.3 is 14.8 Å². The number of para-hydroxylation sites is 1. The number of hydrogen-bond donors (Lipinski definition) is 1. The summed E-state index contributed by atoms with van der Waals surface area (Å²) in [6, 6.07) is 8.69. The van der Waals surface area contributed by atoms with Crippen LogP contribution in [0.1, 0.15) is 29.9 Å². The molecule has 0 saturated carbocycles. The molecule has 0 fully saturated rings. The molecular weight excluding hydrogens is 328 g/mol. The highest BCUT2D eigenvalue weighted by molar-refractivity contribution is 6.32. The number of benzene rings is 1. The number of carbonyl (C=O) groups excluding carboxylic acids is 1. The monoisotopic (exact) mass is 346 g/mol. The van der Waals surface area contributed by atoms with Gasteiger partial charge >= 0.3 is 5.97 Å². The first-order chi connectivity index (χ1) is 11.5. The standard InChI is InChI=1S/C18H19ClN2O3/c1-5-24-16-13(19)7-6-8-15(16)21-17-12(18(22)23-4)9-10-14(20-17)11(2)3/h6-10H,2,5H2,1,3-4H3,(H,20,21). The van der Waals surface area contributed by atoms with Crippen LogP contribution in [0.5, 0.6) is 5.75 Å². The summed E-state index contributed by atoms with van der Waals surface area (Å²) in [4.78, 5) is 16.5. The zero-order valence-corrected chi connectivity index (χ0v) is 14.6. The van der Waals surface area contributed by atoms with Gasteiger partial charge in [-0.3, -0.25) is 0 Å². The van der Waals surface area contributed by atoms with E-state index in [1.165, 1.54) is 7.11 Å². The summed E-state index contributed by atoms with van der Waals surface area (Å²) in [5.74, 6) is 0.365. The second kappa shape index (κ2) is 7.84. The Morgan fingerprint density at radius 3 is 2.71 bits per heavy atom. The fraction of sp³-hybridized carbons (Fsp3) is 0.222. The fourth-order valence-corrected chi connectivity index (χ4v) is 2.32. The third-order valence-electron chi connectivity index (χ3n) is 3.25. The van der Waals surface area contributed by atoms with Crippen LogP contribution < -0.4 is 10.1 Å². The van der Waals surface area contributed by atoms with Crippen LogP contribution in [0.3, 0.4) is 0 Å². The summed E-state index contributed by atoms with van der Waals surface area (Å²) in [5.41, 5.74) is 2.38. The number of ether oxygens (including phenoxy) is 2. The molecule has 2 rings (SSSR count). The molecule has 126 valence electrons. The summed E-state index contributed by atoms with van der Waals surface area (Å²) in [5, 5.41) is 3.58. The second-order valence-electron chi connectivity index (χ2n) is 5.04. The number of carbonyl (C=O) groups is 1. The molecule has 1 aromatic heterocycles. The molecule has 0 saturated heterocycles. The number of hydrogen-bond acceptors (Lipinski definition) is 5. The first kappa shape index (κ1) is 17.8. The largest absolute Gasteiger partial charge is 0.490 e. The minimum absolute atomic E-state index is 0.310. The van der Waals surface area contributed by atoms with Gasteiger partial charge in [0, 0.05) is 0 Å². The maximum Gasteiger partial charge on any atom is 0.341 e. The van der Waals surface area contributed by atoms with Crippen LogP contribution in [-0.4, -0.2) is 24.7 Å². The van der Waals surface area contributed by atoms with E-state index in [1.807, 2.05) is 13.8 Å². The molecule has 0 aliphatic heterocycles. The number of halogens is 1. The van der Waals surface area contributed by atoms with E-state index in [0.717, 1.165) is 5.57 Å². The van der Waals surface area contributed by atoms with Gasteiger partial charge in [-0.15, -0.1) is 0 Å². The Labute approximate surface area is 146 Å². The molecule has 0 amide bonds. The van der Waals surface area contributed by atoms with Crippen molar-refractivity contribution in [1.82, 2.24) is 4.98 Å². The van der Waals surface area contributed by atoms with Crippen molar-refractivity contribution in [3.8, 4) is 5.75 Å². The minimum atomic E-state index is -0.488. The zero-order chi connectivity index (χ0) is 17.7. The Balaban J connectivity index is 2.51. The zero-order valence-electron chi connectivity index (χ0n) is 13.9. The maximum absolute atomic E-state index is 12.0. The lowest BCUT2D eigenvalue weighted by Gasteiger charge is -2.15. The highest BCUT2D eigenvalue weighted by atomic mass is 35.5. The van der Waals surface area contributed by atoms with Crippen LogP contribution >= 0.6 is 11.6 Å². The Bertz CT molecular complexity index is 775.